The molecule has 0 bridgehead atoms. The van der Waals surface area contributed by atoms with E-state index in [0.29, 0.717) is 0 Å². The van der Waals surface area contributed by atoms with Crippen molar-refractivity contribution in [2.45, 2.75) is 0 Å². The molecule has 0 unspecified atom stereocenters. The van der Waals surface area contributed by atoms with E-state index in [9.17, 15) is 18.0 Å². The molecule has 0 spiro atoms. The minimum atomic E-state index is -0.932. The minimum Gasteiger partial charge on any atom is -0.491 e. The molecule has 0 amide bonds. The zero-order valence-electron chi connectivity index (χ0n) is 11.1. The number of methoxy groups -OCH3 is 2. The fraction of sp³-hybridized carbons (Fsp3) is 0.143. The standard InChI is InChI=1S/C14H10F3NO3/c1-20-13-9(15)3-7(4-10(13)16)12-5-8(14(19)21-2)11(17)6-18-12/h3-6H,1-2H3. The molecule has 0 aliphatic heterocycles. The second-order valence-corrected chi connectivity index (χ2v) is 4.01. The molecule has 2 rings (SSSR count). The molecule has 0 fully saturated rings. The van der Waals surface area contributed by atoms with Crippen molar-refractivity contribution >= 4 is 5.97 Å². The molecule has 1 aromatic carbocycles. The van der Waals surface area contributed by atoms with Crippen LogP contribution in [0.1, 0.15) is 10.4 Å². The molecule has 0 aliphatic rings. The van der Waals surface area contributed by atoms with E-state index >= 15 is 0 Å². The van der Waals surface area contributed by atoms with Crippen LogP contribution < -0.4 is 4.74 Å². The van der Waals surface area contributed by atoms with Gasteiger partial charge in [-0.05, 0) is 18.2 Å². The van der Waals surface area contributed by atoms with Crippen LogP contribution in [0.15, 0.2) is 24.4 Å². The predicted molar refractivity (Wildman–Crippen MR) is 67.4 cm³/mol. The van der Waals surface area contributed by atoms with Crippen molar-refractivity contribution in [1.82, 2.24) is 4.98 Å². The van der Waals surface area contributed by atoms with Crippen molar-refractivity contribution in [3.63, 3.8) is 0 Å². The molecular formula is C14H10F3NO3. The number of carbonyl (C=O) groups excluding carboxylic acids is 1. The smallest absolute Gasteiger partial charge is 0.340 e. The van der Waals surface area contributed by atoms with Crippen LogP contribution in [0, 0.1) is 17.5 Å². The van der Waals surface area contributed by atoms with E-state index in [2.05, 4.69) is 14.5 Å². The SMILES string of the molecule is COC(=O)c1cc(-c2cc(F)c(OC)c(F)c2)ncc1F. The van der Waals surface area contributed by atoms with E-state index in [4.69, 9.17) is 0 Å². The topological polar surface area (TPSA) is 48.4 Å². The zero-order valence-corrected chi connectivity index (χ0v) is 11.1. The molecule has 0 saturated heterocycles. The molecule has 2 aromatic rings. The van der Waals surface area contributed by atoms with Gasteiger partial charge in [-0.3, -0.25) is 4.98 Å². The van der Waals surface area contributed by atoms with Gasteiger partial charge in [0.1, 0.15) is 0 Å². The summed E-state index contributed by atoms with van der Waals surface area (Å²) in [6.45, 7) is 0. The number of pyridine rings is 1. The maximum Gasteiger partial charge on any atom is 0.340 e. The molecule has 0 atom stereocenters. The van der Waals surface area contributed by atoms with Crippen LogP contribution in [0.4, 0.5) is 13.2 Å². The molecular weight excluding hydrogens is 287 g/mol. The largest absolute Gasteiger partial charge is 0.491 e. The Morgan fingerprint density at radius 3 is 2.19 bits per heavy atom. The number of benzene rings is 1. The zero-order chi connectivity index (χ0) is 15.6. The normalized spacial score (nSPS) is 10.3. The summed E-state index contributed by atoms with van der Waals surface area (Å²) in [6, 6.07) is 3.01. The summed E-state index contributed by atoms with van der Waals surface area (Å²) >= 11 is 0. The second-order valence-electron chi connectivity index (χ2n) is 4.01. The van der Waals surface area contributed by atoms with Crippen LogP contribution >= 0.6 is 0 Å². The quantitative estimate of drug-likeness (QED) is 0.817. The van der Waals surface area contributed by atoms with Crippen molar-refractivity contribution in [2.24, 2.45) is 0 Å². The number of ether oxygens (including phenoxy) is 2. The van der Waals surface area contributed by atoms with Gasteiger partial charge in [-0.2, -0.15) is 0 Å². The van der Waals surface area contributed by atoms with E-state index < -0.39 is 29.2 Å². The van der Waals surface area contributed by atoms with E-state index in [1.807, 2.05) is 0 Å². The van der Waals surface area contributed by atoms with Gasteiger partial charge >= 0.3 is 5.97 Å². The number of hydrogen-bond acceptors (Lipinski definition) is 4. The number of aromatic nitrogens is 1. The highest BCUT2D eigenvalue weighted by Gasteiger charge is 2.17. The average molecular weight is 297 g/mol. The average Bonchev–Trinajstić information content (AvgIpc) is 2.46. The highest BCUT2D eigenvalue weighted by atomic mass is 19.1. The van der Waals surface area contributed by atoms with Gasteiger partial charge in [0.15, 0.2) is 23.2 Å². The Morgan fingerprint density at radius 1 is 1.05 bits per heavy atom. The predicted octanol–water partition coefficient (Wildman–Crippen LogP) is 2.96. The molecule has 110 valence electrons. The van der Waals surface area contributed by atoms with Crippen molar-refractivity contribution in [1.29, 1.82) is 0 Å². The van der Waals surface area contributed by atoms with Gasteiger partial charge in [-0.25, -0.2) is 18.0 Å². The molecule has 7 heteroatoms. The monoisotopic (exact) mass is 297 g/mol. The lowest BCUT2D eigenvalue weighted by Crippen LogP contribution is -2.05. The Labute approximate surface area is 118 Å². The van der Waals surface area contributed by atoms with E-state index in [1.165, 1.54) is 0 Å². The highest BCUT2D eigenvalue weighted by molar-refractivity contribution is 5.90. The molecule has 1 heterocycles. The summed E-state index contributed by atoms with van der Waals surface area (Å²) < 4.78 is 49.7. The third-order valence-corrected chi connectivity index (χ3v) is 2.76. The number of hydrogen-bond donors (Lipinski definition) is 0. The Balaban J connectivity index is 2.55. The van der Waals surface area contributed by atoms with Gasteiger partial charge in [0.2, 0.25) is 0 Å². The third-order valence-electron chi connectivity index (χ3n) is 2.76. The van der Waals surface area contributed by atoms with Gasteiger partial charge in [-0.1, -0.05) is 0 Å². The van der Waals surface area contributed by atoms with Gasteiger partial charge in [0, 0.05) is 5.56 Å². The number of halogens is 3. The fourth-order valence-electron chi connectivity index (χ4n) is 1.77. The third kappa shape index (κ3) is 2.81. The van der Waals surface area contributed by atoms with Crippen LogP contribution in [0.3, 0.4) is 0 Å². The first-order chi connectivity index (χ1) is 9.97. The summed E-state index contributed by atoms with van der Waals surface area (Å²) in [4.78, 5) is 15.1. The lowest BCUT2D eigenvalue weighted by molar-refractivity contribution is 0.0595. The van der Waals surface area contributed by atoms with Crippen molar-refractivity contribution in [3.05, 3.63) is 47.4 Å². The molecule has 1 aromatic heterocycles. The Kier molecular flexibility index (Phi) is 4.11. The summed E-state index contributed by atoms with van der Waals surface area (Å²) in [5.74, 6) is -4.20. The summed E-state index contributed by atoms with van der Waals surface area (Å²) in [7, 11) is 2.22. The van der Waals surface area contributed by atoms with Gasteiger partial charge < -0.3 is 9.47 Å². The van der Waals surface area contributed by atoms with E-state index in [0.717, 1.165) is 38.6 Å². The summed E-state index contributed by atoms with van der Waals surface area (Å²) in [6.07, 6.45) is 0.779. The fourth-order valence-corrected chi connectivity index (χ4v) is 1.77. The van der Waals surface area contributed by atoms with Crippen LogP contribution in [0.2, 0.25) is 0 Å². The molecule has 21 heavy (non-hydrogen) atoms. The molecule has 0 saturated carbocycles. The lowest BCUT2D eigenvalue weighted by atomic mass is 10.1. The van der Waals surface area contributed by atoms with Crippen LogP contribution in [0.25, 0.3) is 11.3 Å². The number of rotatable bonds is 3. The van der Waals surface area contributed by atoms with Gasteiger partial charge in [-0.15, -0.1) is 0 Å². The Hall–Kier alpha value is -2.57. The molecule has 0 aliphatic carbocycles. The molecule has 0 N–H and O–H groups in total. The lowest BCUT2D eigenvalue weighted by Gasteiger charge is -2.08. The maximum absolute atomic E-state index is 13.6. The van der Waals surface area contributed by atoms with E-state index in [-0.39, 0.29) is 16.8 Å². The number of esters is 1. The molecule has 0 radical (unpaired) electrons. The van der Waals surface area contributed by atoms with Gasteiger partial charge in [0.05, 0.1) is 31.7 Å². The first kappa shape index (κ1) is 14.8. The van der Waals surface area contributed by atoms with Crippen LogP contribution in [-0.2, 0) is 4.74 Å². The Bertz CT molecular complexity index is 681. The Morgan fingerprint density at radius 2 is 1.67 bits per heavy atom. The first-order valence-corrected chi connectivity index (χ1v) is 5.75. The molecule has 4 nitrogen and oxygen atoms in total. The maximum atomic E-state index is 13.6. The van der Waals surface area contributed by atoms with Gasteiger partial charge in [0.25, 0.3) is 0 Å². The first-order valence-electron chi connectivity index (χ1n) is 5.75. The summed E-state index contributed by atoms with van der Waals surface area (Å²) in [5.41, 5.74) is -0.313. The van der Waals surface area contributed by atoms with Crippen molar-refractivity contribution in [2.75, 3.05) is 14.2 Å². The number of nitrogens with zero attached hydrogens (tertiary/aromatic N) is 1. The van der Waals surface area contributed by atoms with Crippen molar-refractivity contribution < 1.29 is 27.4 Å². The number of carbonyl (C=O) groups is 1. The van der Waals surface area contributed by atoms with Crippen LogP contribution in [-0.4, -0.2) is 25.2 Å². The summed E-state index contributed by atoms with van der Waals surface area (Å²) in [5, 5.41) is 0. The highest BCUT2D eigenvalue weighted by Crippen LogP contribution is 2.28. The van der Waals surface area contributed by atoms with Crippen molar-refractivity contribution in [3.8, 4) is 17.0 Å². The van der Waals surface area contributed by atoms with Crippen LogP contribution in [0.5, 0.6) is 5.75 Å². The second kappa shape index (κ2) is 5.82. The minimum absolute atomic E-state index is 0.0252. The van der Waals surface area contributed by atoms with E-state index in [1.54, 1.807) is 0 Å².